The van der Waals surface area contributed by atoms with Crippen LogP contribution in [0.25, 0.3) is 17.1 Å². The van der Waals surface area contributed by atoms with Crippen LogP contribution in [0.2, 0.25) is 5.02 Å². The van der Waals surface area contributed by atoms with Crippen molar-refractivity contribution in [3.8, 4) is 17.4 Å². The highest BCUT2D eigenvalue weighted by Gasteiger charge is 2.06. The average molecular weight is 417 g/mol. The zero-order chi connectivity index (χ0) is 20.9. The summed E-state index contributed by atoms with van der Waals surface area (Å²) < 4.78 is 11.1. The molecule has 6 heteroatoms. The van der Waals surface area contributed by atoms with E-state index in [9.17, 15) is 4.79 Å². The van der Waals surface area contributed by atoms with Gasteiger partial charge in [-0.25, -0.2) is 9.97 Å². The van der Waals surface area contributed by atoms with Crippen LogP contribution < -0.4 is 9.47 Å². The number of aromatic nitrogens is 2. The number of methoxy groups -OCH3 is 1. The molecule has 3 aromatic carbocycles. The quantitative estimate of drug-likeness (QED) is 0.286. The largest absolute Gasteiger partial charge is 0.496 e. The zero-order valence-corrected chi connectivity index (χ0v) is 16.8. The van der Waals surface area contributed by atoms with Crippen LogP contribution >= 0.6 is 11.6 Å². The molecular formula is C24H17ClN2O3. The van der Waals surface area contributed by atoms with Crippen molar-refractivity contribution in [1.82, 2.24) is 9.97 Å². The van der Waals surface area contributed by atoms with Gasteiger partial charge < -0.3 is 9.47 Å². The van der Waals surface area contributed by atoms with E-state index in [4.69, 9.17) is 21.1 Å². The Bertz CT molecular complexity index is 1240. The summed E-state index contributed by atoms with van der Waals surface area (Å²) in [5, 5.41) is 0.602. The Morgan fingerprint density at radius 1 is 1.00 bits per heavy atom. The molecule has 0 unspecified atom stereocenters. The number of para-hydroxylation sites is 1. The van der Waals surface area contributed by atoms with E-state index < -0.39 is 0 Å². The maximum absolute atomic E-state index is 12.5. The molecule has 0 spiro atoms. The van der Waals surface area contributed by atoms with Crippen LogP contribution in [0.3, 0.4) is 0 Å². The number of ketones is 1. The predicted octanol–water partition coefficient (Wildman–Crippen LogP) is 5.98. The SMILES string of the molecule is COc1ccccc1/C=C/C(=O)c1ccc(Oc2cnc3cc(Cl)ccc3n2)cc1. The first kappa shape index (κ1) is 19.6. The fourth-order valence-corrected chi connectivity index (χ4v) is 3.06. The minimum atomic E-state index is -0.116. The normalized spacial score (nSPS) is 11.0. The minimum Gasteiger partial charge on any atom is -0.496 e. The number of ether oxygens (including phenoxy) is 2. The van der Waals surface area contributed by atoms with Crippen LogP contribution in [0.1, 0.15) is 15.9 Å². The lowest BCUT2D eigenvalue weighted by Gasteiger charge is -2.06. The second-order valence-corrected chi connectivity index (χ2v) is 6.84. The van der Waals surface area contributed by atoms with Crippen molar-refractivity contribution in [2.24, 2.45) is 0 Å². The summed E-state index contributed by atoms with van der Waals surface area (Å²) in [5.41, 5.74) is 2.76. The molecule has 0 aliphatic carbocycles. The van der Waals surface area contributed by atoms with E-state index in [0.29, 0.717) is 39.0 Å². The van der Waals surface area contributed by atoms with Gasteiger partial charge in [0.15, 0.2) is 5.78 Å². The van der Waals surface area contributed by atoms with Crippen molar-refractivity contribution >= 4 is 34.5 Å². The smallest absolute Gasteiger partial charge is 0.238 e. The third kappa shape index (κ3) is 4.47. The van der Waals surface area contributed by atoms with Crippen LogP contribution in [0.15, 0.2) is 79.0 Å². The second kappa shape index (κ2) is 8.76. The van der Waals surface area contributed by atoms with Gasteiger partial charge in [0.2, 0.25) is 5.88 Å². The predicted molar refractivity (Wildman–Crippen MR) is 117 cm³/mol. The highest BCUT2D eigenvalue weighted by atomic mass is 35.5. The molecule has 4 aromatic rings. The highest BCUT2D eigenvalue weighted by molar-refractivity contribution is 6.31. The van der Waals surface area contributed by atoms with Gasteiger partial charge >= 0.3 is 0 Å². The molecule has 148 valence electrons. The minimum absolute atomic E-state index is 0.116. The number of hydrogen-bond donors (Lipinski definition) is 0. The maximum Gasteiger partial charge on any atom is 0.238 e. The van der Waals surface area contributed by atoms with Gasteiger partial charge in [-0.05, 0) is 60.7 Å². The number of carbonyl (C=O) groups excluding carboxylic acids is 1. The van der Waals surface area contributed by atoms with Crippen molar-refractivity contribution in [1.29, 1.82) is 0 Å². The molecule has 0 saturated carbocycles. The Morgan fingerprint density at radius 3 is 2.60 bits per heavy atom. The molecule has 0 N–H and O–H groups in total. The summed E-state index contributed by atoms with van der Waals surface area (Å²) >= 11 is 5.96. The van der Waals surface area contributed by atoms with Gasteiger partial charge in [0, 0.05) is 16.1 Å². The molecular weight excluding hydrogens is 400 g/mol. The number of fused-ring (bicyclic) bond motifs is 1. The zero-order valence-electron chi connectivity index (χ0n) is 16.1. The third-order valence-electron chi connectivity index (χ3n) is 4.40. The number of rotatable bonds is 6. The molecule has 5 nitrogen and oxygen atoms in total. The Kier molecular flexibility index (Phi) is 5.72. The van der Waals surface area contributed by atoms with Gasteiger partial charge in [0.25, 0.3) is 0 Å². The number of hydrogen-bond acceptors (Lipinski definition) is 5. The number of allylic oxidation sites excluding steroid dienone is 1. The summed E-state index contributed by atoms with van der Waals surface area (Å²) in [5.74, 6) is 1.52. The lowest BCUT2D eigenvalue weighted by atomic mass is 10.1. The lowest BCUT2D eigenvalue weighted by Crippen LogP contribution is -1.95. The third-order valence-corrected chi connectivity index (χ3v) is 4.63. The van der Waals surface area contributed by atoms with Crippen molar-refractivity contribution in [3.63, 3.8) is 0 Å². The van der Waals surface area contributed by atoms with Crippen molar-refractivity contribution in [3.05, 3.63) is 95.2 Å². The van der Waals surface area contributed by atoms with Crippen LogP contribution in [-0.2, 0) is 0 Å². The maximum atomic E-state index is 12.5. The topological polar surface area (TPSA) is 61.3 Å². The fourth-order valence-electron chi connectivity index (χ4n) is 2.89. The molecule has 30 heavy (non-hydrogen) atoms. The van der Waals surface area contributed by atoms with Gasteiger partial charge in [0.05, 0.1) is 24.3 Å². The monoisotopic (exact) mass is 416 g/mol. The first-order chi connectivity index (χ1) is 14.6. The lowest BCUT2D eigenvalue weighted by molar-refractivity contribution is 0.104. The van der Waals surface area contributed by atoms with Crippen molar-refractivity contribution in [2.45, 2.75) is 0 Å². The van der Waals surface area contributed by atoms with E-state index >= 15 is 0 Å². The van der Waals surface area contributed by atoms with Gasteiger partial charge in [-0.2, -0.15) is 0 Å². The van der Waals surface area contributed by atoms with Crippen LogP contribution in [-0.4, -0.2) is 22.9 Å². The van der Waals surface area contributed by atoms with Crippen LogP contribution in [0.5, 0.6) is 17.4 Å². The summed E-state index contributed by atoms with van der Waals surface area (Å²) in [4.78, 5) is 21.2. The molecule has 0 amide bonds. The molecule has 1 aromatic heterocycles. The summed E-state index contributed by atoms with van der Waals surface area (Å²) in [6.45, 7) is 0. The number of halogens is 1. The van der Waals surface area contributed by atoms with E-state index in [2.05, 4.69) is 9.97 Å². The van der Waals surface area contributed by atoms with Gasteiger partial charge in [0.1, 0.15) is 11.5 Å². The summed E-state index contributed by atoms with van der Waals surface area (Å²) in [7, 11) is 1.60. The van der Waals surface area contributed by atoms with E-state index in [1.54, 1.807) is 55.7 Å². The molecule has 4 rings (SSSR count). The first-order valence-corrected chi connectivity index (χ1v) is 9.56. The average Bonchev–Trinajstić information content (AvgIpc) is 2.78. The Balaban J connectivity index is 1.46. The standard InChI is InChI=1S/C24H17ClN2O3/c1-29-23-5-3-2-4-17(23)8-13-22(28)16-6-10-19(11-7-16)30-24-15-26-21-14-18(25)9-12-20(21)27-24/h2-15H,1H3/b13-8+. The summed E-state index contributed by atoms with van der Waals surface area (Å²) in [6, 6.07) is 19.6. The molecule has 0 atom stereocenters. The number of carbonyl (C=O) groups is 1. The Labute approximate surface area is 178 Å². The van der Waals surface area contributed by atoms with Gasteiger partial charge in [-0.3, -0.25) is 4.79 Å². The van der Waals surface area contributed by atoms with E-state index in [1.165, 1.54) is 12.3 Å². The van der Waals surface area contributed by atoms with E-state index in [1.807, 2.05) is 24.3 Å². The molecule has 0 saturated heterocycles. The van der Waals surface area contributed by atoms with Crippen LogP contribution in [0.4, 0.5) is 0 Å². The van der Waals surface area contributed by atoms with Crippen LogP contribution in [0, 0.1) is 0 Å². The molecule has 0 aliphatic heterocycles. The van der Waals surface area contributed by atoms with E-state index in [-0.39, 0.29) is 5.78 Å². The molecule has 0 fully saturated rings. The van der Waals surface area contributed by atoms with Gasteiger partial charge in [-0.1, -0.05) is 29.8 Å². The fraction of sp³-hybridized carbons (Fsp3) is 0.0417. The van der Waals surface area contributed by atoms with Crippen molar-refractivity contribution in [2.75, 3.05) is 7.11 Å². The molecule has 1 heterocycles. The Hall–Kier alpha value is -3.70. The number of benzene rings is 3. The Morgan fingerprint density at radius 2 is 1.80 bits per heavy atom. The highest BCUT2D eigenvalue weighted by Crippen LogP contribution is 2.23. The van der Waals surface area contributed by atoms with Crippen molar-refractivity contribution < 1.29 is 14.3 Å². The second-order valence-electron chi connectivity index (χ2n) is 6.41. The van der Waals surface area contributed by atoms with E-state index in [0.717, 1.165) is 5.56 Å². The van der Waals surface area contributed by atoms with Gasteiger partial charge in [-0.15, -0.1) is 0 Å². The first-order valence-electron chi connectivity index (χ1n) is 9.18. The molecule has 0 radical (unpaired) electrons. The number of nitrogens with zero attached hydrogens (tertiary/aromatic N) is 2. The molecule has 0 bridgehead atoms. The molecule has 0 aliphatic rings. The summed E-state index contributed by atoms with van der Waals surface area (Å²) in [6.07, 6.45) is 4.80.